The van der Waals surface area contributed by atoms with Crippen LogP contribution in [0.4, 0.5) is 0 Å². The lowest BCUT2D eigenvalue weighted by atomic mass is 10.6. The summed E-state index contributed by atoms with van der Waals surface area (Å²) in [6.45, 7) is -0.0279. The third-order valence-corrected chi connectivity index (χ3v) is 0.780. The number of nitrogens with one attached hydrogen (secondary N) is 1. The minimum Gasteiger partial charge on any atom is -0.341 e. The van der Waals surface area contributed by atoms with Gasteiger partial charge < -0.3 is 10.1 Å². The van der Waals surface area contributed by atoms with Crippen LogP contribution in [-0.2, 0) is 14.3 Å². The highest BCUT2D eigenvalue weighted by molar-refractivity contribution is 5.82. The van der Waals surface area contributed by atoms with Gasteiger partial charge in [0, 0.05) is 0 Å². The highest BCUT2D eigenvalue weighted by atomic mass is 16.5. The van der Waals surface area contributed by atoms with E-state index in [-0.39, 0.29) is 12.5 Å². The van der Waals surface area contributed by atoms with Crippen LogP contribution in [0.2, 0.25) is 0 Å². The molecule has 1 N–H and O–H groups in total. The van der Waals surface area contributed by atoms with Gasteiger partial charge in [-0.25, -0.2) is 0 Å². The fourth-order valence-corrected chi connectivity index (χ4v) is 0.452. The van der Waals surface area contributed by atoms with E-state index in [1.54, 1.807) is 0 Å². The summed E-state index contributed by atoms with van der Waals surface area (Å²) in [6, 6.07) is 0. The van der Waals surface area contributed by atoms with Gasteiger partial charge in [-0.05, 0) is 0 Å². The lowest BCUT2D eigenvalue weighted by Crippen LogP contribution is -2.27. The summed E-state index contributed by atoms with van der Waals surface area (Å²) < 4.78 is 4.53. The Morgan fingerprint density at radius 3 is 2.88 bits per heavy atom. The van der Waals surface area contributed by atoms with E-state index in [2.05, 4.69) is 10.1 Å². The van der Waals surface area contributed by atoms with Gasteiger partial charge in [0.25, 0.3) is 6.29 Å². The van der Waals surface area contributed by atoms with Gasteiger partial charge in [0.15, 0.2) is 6.23 Å². The second-order valence-corrected chi connectivity index (χ2v) is 1.38. The van der Waals surface area contributed by atoms with Gasteiger partial charge in [-0.2, -0.15) is 0 Å². The van der Waals surface area contributed by atoms with Crippen LogP contribution < -0.4 is 5.32 Å². The van der Waals surface area contributed by atoms with Crippen molar-refractivity contribution in [2.75, 3.05) is 6.61 Å². The number of carbonyl (C=O) groups is 1. The topological polar surface area (TPSA) is 55.4 Å². The highest BCUT2D eigenvalue weighted by Gasteiger charge is 2.20. The molecule has 1 aliphatic heterocycles. The first-order chi connectivity index (χ1) is 3.83. The standard InChI is InChI=1S/C4H4NO3/c6-1-4-5-3(7)2-8-4/h4H,2H2,(H,5,7). The first-order valence-corrected chi connectivity index (χ1v) is 2.11. The maximum absolute atomic E-state index is 10.2. The maximum Gasteiger partial charge on any atom is 0.252 e. The third-order valence-electron chi connectivity index (χ3n) is 0.780. The smallest absolute Gasteiger partial charge is 0.252 e. The Morgan fingerprint density at radius 2 is 2.62 bits per heavy atom. The van der Waals surface area contributed by atoms with E-state index >= 15 is 0 Å². The van der Waals surface area contributed by atoms with Crippen LogP contribution in [0.1, 0.15) is 0 Å². The lowest BCUT2D eigenvalue weighted by Gasteiger charge is -1.93. The van der Waals surface area contributed by atoms with Crippen LogP contribution in [0.15, 0.2) is 0 Å². The second kappa shape index (κ2) is 1.92. The molecule has 0 saturated carbocycles. The van der Waals surface area contributed by atoms with Crippen LogP contribution in [0.3, 0.4) is 0 Å². The minimum absolute atomic E-state index is 0.0279. The van der Waals surface area contributed by atoms with Gasteiger partial charge in [-0.15, -0.1) is 0 Å². The largest absolute Gasteiger partial charge is 0.341 e. The molecule has 0 bridgehead atoms. The van der Waals surface area contributed by atoms with Gasteiger partial charge >= 0.3 is 0 Å². The molecule has 8 heavy (non-hydrogen) atoms. The van der Waals surface area contributed by atoms with E-state index < -0.39 is 6.23 Å². The summed E-state index contributed by atoms with van der Waals surface area (Å²) >= 11 is 0. The summed E-state index contributed by atoms with van der Waals surface area (Å²) in [5.41, 5.74) is 0. The molecule has 0 spiro atoms. The average molecular weight is 114 g/mol. The summed E-state index contributed by atoms with van der Waals surface area (Å²) in [6.07, 6.45) is 0.659. The second-order valence-electron chi connectivity index (χ2n) is 1.38. The molecule has 0 aliphatic carbocycles. The zero-order valence-corrected chi connectivity index (χ0v) is 4.01. The van der Waals surface area contributed by atoms with Crippen molar-refractivity contribution in [3.63, 3.8) is 0 Å². The molecular weight excluding hydrogens is 110 g/mol. The molecule has 4 heteroatoms. The third kappa shape index (κ3) is 0.840. The monoisotopic (exact) mass is 114 g/mol. The van der Waals surface area contributed by atoms with Crippen LogP contribution >= 0.6 is 0 Å². The van der Waals surface area contributed by atoms with Gasteiger partial charge in [0.05, 0.1) is 0 Å². The molecule has 4 nitrogen and oxygen atoms in total. The molecule has 1 amide bonds. The van der Waals surface area contributed by atoms with Crippen LogP contribution in [0.25, 0.3) is 0 Å². The molecule has 1 radical (unpaired) electrons. The Labute approximate surface area is 45.8 Å². The molecule has 1 heterocycles. The van der Waals surface area contributed by atoms with Crippen molar-refractivity contribution < 1.29 is 14.3 Å². The summed E-state index contributed by atoms with van der Waals surface area (Å²) in [4.78, 5) is 19.9. The van der Waals surface area contributed by atoms with Crippen molar-refractivity contribution in [2.45, 2.75) is 6.23 Å². The SMILES string of the molecule is O=[C]C1NC(=O)CO1. The summed E-state index contributed by atoms with van der Waals surface area (Å²) in [5, 5.41) is 2.22. The van der Waals surface area contributed by atoms with Crippen LogP contribution in [0, 0.1) is 0 Å². The Bertz CT molecular complexity index is 122. The Kier molecular flexibility index (Phi) is 1.26. The number of hydrogen-bond acceptors (Lipinski definition) is 3. The van der Waals surface area contributed by atoms with Crippen molar-refractivity contribution in [1.29, 1.82) is 0 Å². The van der Waals surface area contributed by atoms with Gasteiger partial charge in [-0.1, -0.05) is 0 Å². The molecular formula is C4H4NO3. The number of rotatable bonds is 1. The predicted octanol–water partition coefficient (Wildman–Crippen LogP) is -1.43. The zero-order valence-electron chi connectivity index (χ0n) is 4.01. The van der Waals surface area contributed by atoms with Crippen molar-refractivity contribution in [3.05, 3.63) is 0 Å². The fraction of sp³-hybridized carbons (Fsp3) is 0.500. The molecule has 0 aromatic carbocycles. The van der Waals surface area contributed by atoms with E-state index in [0.29, 0.717) is 0 Å². The first kappa shape index (κ1) is 5.24. The van der Waals surface area contributed by atoms with Crippen molar-refractivity contribution in [2.24, 2.45) is 0 Å². The summed E-state index contributed by atoms with van der Waals surface area (Å²) in [5.74, 6) is -0.265. The molecule has 1 saturated heterocycles. The lowest BCUT2D eigenvalue weighted by molar-refractivity contribution is -0.119. The Hall–Kier alpha value is -0.900. The molecule has 1 atom stereocenters. The summed E-state index contributed by atoms with van der Waals surface area (Å²) in [7, 11) is 0. The number of carbonyl (C=O) groups excluding carboxylic acids is 2. The van der Waals surface area contributed by atoms with Crippen molar-refractivity contribution >= 4 is 12.2 Å². The average Bonchev–Trinajstić information content (AvgIpc) is 2.14. The van der Waals surface area contributed by atoms with E-state index in [1.165, 1.54) is 6.29 Å². The first-order valence-electron chi connectivity index (χ1n) is 2.11. The zero-order chi connectivity index (χ0) is 5.98. The van der Waals surface area contributed by atoms with Crippen molar-refractivity contribution in [1.82, 2.24) is 5.32 Å². The molecule has 0 aromatic heterocycles. The molecule has 0 aromatic rings. The Balaban J connectivity index is 2.43. The highest BCUT2D eigenvalue weighted by Crippen LogP contribution is 1.90. The van der Waals surface area contributed by atoms with Crippen LogP contribution in [-0.4, -0.2) is 25.0 Å². The molecule has 1 fully saturated rings. The molecule has 1 aliphatic rings. The minimum atomic E-state index is -0.831. The predicted molar refractivity (Wildman–Crippen MR) is 23.6 cm³/mol. The van der Waals surface area contributed by atoms with Crippen LogP contribution in [0.5, 0.6) is 0 Å². The van der Waals surface area contributed by atoms with E-state index in [0.717, 1.165) is 0 Å². The molecule has 43 valence electrons. The number of hydrogen-bond donors (Lipinski definition) is 1. The quantitative estimate of drug-likeness (QED) is 0.454. The normalized spacial score (nSPS) is 27.5. The van der Waals surface area contributed by atoms with Gasteiger partial charge in [0.1, 0.15) is 6.61 Å². The van der Waals surface area contributed by atoms with E-state index in [4.69, 9.17) is 0 Å². The van der Waals surface area contributed by atoms with Gasteiger partial charge in [0.2, 0.25) is 5.91 Å². The van der Waals surface area contributed by atoms with Crippen molar-refractivity contribution in [3.8, 4) is 0 Å². The molecule has 1 unspecified atom stereocenters. The maximum atomic E-state index is 10.2. The van der Waals surface area contributed by atoms with E-state index in [9.17, 15) is 9.59 Å². The number of ether oxygens (including phenoxy) is 1. The van der Waals surface area contributed by atoms with E-state index in [1.807, 2.05) is 0 Å². The Morgan fingerprint density at radius 1 is 1.88 bits per heavy atom. The molecule has 1 rings (SSSR count). The van der Waals surface area contributed by atoms with Gasteiger partial charge in [-0.3, -0.25) is 9.59 Å². The fourth-order valence-electron chi connectivity index (χ4n) is 0.452. The number of amides is 1.